The Morgan fingerprint density at radius 1 is 1.00 bits per heavy atom. The van der Waals surface area contributed by atoms with Gasteiger partial charge in [0.15, 0.2) is 11.5 Å². The molecule has 0 saturated carbocycles. The van der Waals surface area contributed by atoms with Gasteiger partial charge in [-0.15, -0.1) is 0 Å². The molecule has 0 aromatic heterocycles. The first kappa shape index (κ1) is 16.4. The lowest BCUT2D eigenvalue weighted by Gasteiger charge is -2.38. The molecule has 2 heterocycles. The Kier molecular flexibility index (Phi) is 4.03. The van der Waals surface area contributed by atoms with Crippen LogP contribution in [0.5, 0.6) is 11.5 Å². The van der Waals surface area contributed by atoms with Crippen LogP contribution in [0.2, 0.25) is 0 Å². The number of hydrogen-bond donors (Lipinski definition) is 1. The van der Waals surface area contributed by atoms with Crippen molar-refractivity contribution in [2.24, 2.45) is 5.92 Å². The predicted molar refractivity (Wildman–Crippen MR) is 96.5 cm³/mol. The monoisotopic (exact) mass is 352 g/mol. The molecule has 4 rings (SSSR count). The van der Waals surface area contributed by atoms with Crippen LogP contribution in [0.25, 0.3) is 0 Å². The zero-order chi connectivity index (χ0) is 18.3. The molecule has 6 nitrogen and oxygen atoms in total. The first-order chi connectivity index (χ1) is 12.5. The maximum Gasteiger partial charge on any atom is 0.254 e. The minimum atomic E-state index is -0.186. The highest BCUT2D eigenvalue weighted by Crippen LogP contribution is 2.33. The number of hydrogen-bond acceptors (Lipinski definition) is 4. The maximum atomic E-state index is 12.5. The number of carbonyl (C=O) groups is 2. The van der Waals surface area contributed by atoms with Crippen molar-refractivity contribution in [3.8, 4) is 11.5 Å². The lowest BCUT2D eigenvalue weighted by Crippen LogP contribution is -2.54. The van der Waals surface area contributed by atoms with Crippen molar-refractivity contribution >= 4 is 17.5 Å². The average molecular weight is 352 g/mol. The standard InChI is InChI=1S/C20H20N2O4/c1-12-5-13(2)7-16(6-12)21-19(23)15-9-22(10-15)20(24)14-3-4-17-18(8-14)26-11-25-17/h3-8,15H,9-11H2,1-2H3,(H,21,23). The molecule has 2 aromatic carbocycles. The number of likely N-dealkylation sites (tertiary alicyclic amines) is 1. The topological polar surface area (TPSA) is 67.9 Å². The van der Waals surface area contributed by atoms with Crippen molar-refractivity contribution < 1.29 is 19.1 Å². The summed E-state index contributed by atoms with van der Waals surface area (Å²) in [7, 11) is 0. The second-order valence-corrected chi connectivity index (χ2v) is 6.84. The molecule has 2 aromatic rings. The van der Waals surface area contributed by atoms with Gasteiger partial charge in [0.1, 0.15) is 0 Å². The average Bonchev–Trinajstić information content (AvgIpc) is 2.99. The molecule has 0 atom stereocenters. The molecule has 26 heavy (non-hydrogen) atoms. The van der Waals surface area contributed by atoms with Crippen LogP contribution in [0.3, 0.4) is 0 Å². The Morgan fingerprint density at radius 3 is 2.42 bits per heavy atom. The molecule has 2 aliphatic heterocycles. The molecule has 2 amide bonds. The van der Waals surface area contributed by atoms with Gasteiger partial charge in [-0.05, 0) is 55.3 Å². The summed E-state index contributed by atoms with van der Waals surface area (Å²) in [5.74, 6) is 0.897. The summed E-state index contributed by atoms with van der Waals surface area (Å²) in [5.41, 5.74) is 3.55. The van der Waals surface area contributed by atoms with Gasteiger partial charge in [0.25, 0.3) is 5.91 Å². The summed E-state index contributed by atoms with van der Waals surface area (Å²) >= 11 is 0. The zero-order valence-electron chi connectivity index (χ0n) is 14.7. The van der Waals surface area contributed by atoms with E-state index in [0.29, 0.717) is 30.2 Å². The van der Waals surface area contributed by atoms with Crippen LogP contribution in [0, 0.1) is 19.8 Å². The lowest BCUT2D eigenvalue weighted by molar-refractivity contribution is -0.123. The van der Waals surface area contributed by atoms with E-state index in [1.54, 1.807) is 23.1 Å². The third-order valence-corrected chi connectivity index (χ3v) is 4.65. The van der Waals surface area contributed by atoms with Gasteiger partial charge in [-0.3, -0.25) is 9.59 Å². The zero-order valence-corrected chi connectivity index (χ0v) is 14.7. The molecule has 134 valence electrons. The number of ether oxygens (including phenoxy) is 2. The summed E-state index contributed by atoms with van der Waals surface area (Å²) in [6, 6.07) is 11.1. The summed E-state index contributed by atoms with van der Waals surface area (Å²) in [6.45, 7) is 5.01. The third kappa shape index (κ3) is 3.10. The number of nitrogens with zero attached hydrogens (tertiary/aromatic N) is 1. The molecule has 0 aliphatic carbocycles. The summed E-state index contributed by atoms with van der Waals surface area (Å²) in [5, 5.41) is 2.95. The van der Waals surface area contributed by atoms with E-state index in [1.807, 2.05) is 26.0 Å². The van der Waals surface area contributed by atoms with Crippen LogP contribution >= 0.6 is 0 Å². The number of rotatable bonds is 3. The number of aryl methyl sites for hydroxylation is 2. The molecule has 1 fully saturated rings. The molecular weight excluding hydrogens is 332 g/mol. The van der Waals surface area contributed by atoms with Crippen molar-refractivity contribution in [2.75, 3.05) is 25.2 Å². The van der Waals surface area contributed by atoms with Gasteiger partial charge >= 0.3 is 0 Å². The molecule has 2 aliphatic rings. The second-order valence-electron chi connectivity index (χ2n) is 6.84. The quantitative estimate of drug-likeness (QED) is 0.922. The fourth-order valence-corrected chi connectivity index (χ4v) is 3.31. The minimum absolute atomic E-state index is 0.0512. The molecule has 0 spiro atoms. The fraction of sp³-hybridized carbons (Fsp3) is 0.300. The second kappa shape index (κ2) is 6.37. The summed E-state index contributed by atoms with van der Waals surface area (Å²) in [4.78, 5) is 26.6. The van der Waals surface area contributed by atoms with Gasteiger partial charge in [0.05, 0.1) is 5.92 Å². The first-order valence-electron chi connectivity index (χ1n) is 8.58. The van der Waals surface area contributed by atoms with Crippen molar-refractivity contribution in [3.63, 3.8) is 0 Å². The summed E-state index contributed by atoms with van der Waals surface area (Å²) in [6.07, 6.45) is 0. The number of amides is 2. The Morgan fingerprint density at radius 2 is 1.69 bits per heavy atom. The molecule has 0 unspecified atom stereocenters. The van der Waals surface area contributed by atoms with Crippen LogP contribution in [0.15, 0.2) is 36.4 Å². The Hall–Kier alpha value is -3.02. The van der Waals surface area contributed by atoms with E-state index in [2.05, 4.69) is 11.4 Å². The molecular formula is C20H20N2O4. The van der Waals surface area contributed by atoms with Gasteiger partial charge in [-0.25, -0.2) is 0 Å². The molecule has 1 saturated heterocycles. The number of nitrogens with one attached hydrogen (secondary N) is 1. The van der Waals surface area contributed by atoms with E-state index in [9.17, 15) is 9.59 Å². The van der Waals surface area contributed by atoms with E-state index in [4.69, 9.17) is 9.47 Å². The normalized spacial score (nSPS) is 15.5. The number of carbonyl (C=O) groups excluding carboxylic acids is 2. The van der Waals surface area contributed by atoms with Gasteiger partial charge in [-0.2, -0.15) is 0 Å². The molecule has 6 heteroatoms. The molecule has 1 N–H and O–H groups in total. The number of fused-ring (bicyclic) bond motifs is 1. The highest BCUT2D eigenvalue weighted by Gasteiger charge is 2.36. The minimum Gasteiger partial charge on any atom is -0.454 e. The smallest absolute Gasteiger partial charge is 0.254 e. The fourth-order valence-electron chi connectivity index (χ4n) is 3.31. The lowest BCUT2D eigenvalue weighted by atomic mass is 9.97. The summed E-state index contributed by atoms with van der Waals surface area (Å²) < 4.78 is 10.6. The Balaban J connectivity index is 1.36. The van der Waals surface area contributed by atoms with Crippen molar-refractivity contribution in [3.05, 3.63) is 53.1 Å². The van der Waals surface area contributed by atoms with E-state index in [0.717, 1.165) is 16.8 Å². The van der Waals surface area contributed by atoms with Gasteiger partial charge in [-0.1, -0.05) is 6.07 Å². The van der Waals surface area contributed by atoms with Crippen molar-refractivity contribution in [1.82, 2.24) is 4.90 Å². The van der Waals surface area contributed by atoms with Gasteiger partial charge < -0.3 is 19.7 Å². The van der Waals surface area contributed by atoms with Crippen molar-refractivity contribution in [1.29, 1.82) is 0 Å². The molecule has 0 radical (unpaired) electrons. The predicted octanol–water partition coefficient (Wildman–Crippen LogP) is 2.74. The first-order valence-corrected chi connectivity index (χ1v) is 8.58. The van der Waals surface area contributed by atoms with Gasteiger partial charge in [0, 0.05) is 24.3 Å². The highest BCUT2D eigenvalue weighted by atomic mass is 16.7. The highest BCUT2D eigenvalue weighted by molar-refractivity contribution is 5.99. The number of benzene rings is 2. The van der Waals surface area contributed by atoms with E-state index in [1.165, 1.54) is 0 Å². The van der Waals surface area contributed by atoms with Crippen LogP contribution in [-0.4, -0.2) is 36.6 Å². The van der Waals surface area contributed by atoms with E-state index >= 15 is 0 Å². The van der Waals surface area contributed by atoms with Crippen LogP contribution < -0.4 is 14.8 Å². The maximum absolute atomic E-state index is 12.5. The van der Waals surface area contributed by atoms with Crippen LogP contribution in [0.4, 0.5) is 5.69 Å². The Bertz CT molecular complexity index is 867. The van der Waals surface area contributed by atoms with Gasteiger partial charge in [0.2, 0.25) is 12.7 Å². The van der Waals surface area contributed by atoms with E-state index in [-0.39, 0.29) is 24.5 Å². The van der Waals surface area contributed by atoms with E-state index < -0.39 is 0 Å². The third-order valence-electron chi connectivity index (χ3n) is 4.65. The Labute approximate surface area is 151 Å². The van der Waals surface area contributed by atoms with Crippen molar-refractivity contribution in [2.45, 2.75) is 13.8 Å². The largest absolute Gasteiger partial charge is 0.454 e. The SMILES string of the molecule is Cc1cc(C)cc(NC(=O)C2CN(C(=O)c3ccc4c(c3)OCO4)C2)c1. The number of anilines is 1. The van der Waals surface area contributed by atoms with Crippen LogP contribution in [-0.2, 0) is 4.79 Å². The molecule has 0 bridgehead atoms. The van der Waals surface area contributed by atoms with Crippen LogP contribution in [0.1, 0.15) is 21.5 Å².